The number of hydrogen-bond donors (Lipinski definition) is 0. The van der Waals surface area contributed by atoms with Crippen molar-refractivity contribution in [2.75, 3.05) is 7.11 Å². The van der Waals surface area contributed by atoms with Gasteiger partial charge in [0.05, 0.1) is 7.11 Å². The van der Waals surface area contributed by atoms with Crippen LogP contribution in [0.3, 0.4) is 0 Å². The molecule has 0 aliphatic rings. The molecule has 0 saturated heterocycles. The van der Waals surface area contributed by atoms with Crippen molar-refractivity contribution in [3.05, 3.63) is 29.8 Å². The summed E-state index contributed by atoms with van der Waals surface area (Å²) in [5.74, 6) is 1.17. The van der Waals surface area contributed by atoms with Crippen molar-refractivity contribution >= 4 is 5.97 Å². The molecule has 3 nitrogen and oxygen atoms in total. The first-order valence-corrected chi connectivity index (χ1v) is 5.90. The molecule has 1 aromatic carbocycles. The van der Waals surface area contributed by atoms with Crippen LogP contribution in [0.4, 0.5) is 0 Å². The Balaban J connectivity index is 2.36. The van der Waals surface area contributed by atoms with Crippen LogP contribution in [0.5, 0.6) is 5.75 Å². The molecule has 0 heterocycles. The van der Waals surface area contributed by atoms with Crippen LogP contribution >= 0.6 is 0 Å². The van der Waals surface area contributed by atoms with E-state index in [-0.39, 0.29) is 5.97 Å². The largest absolute Gasteiger partial charge is 0.497 e. The smallest absolute Gasteiger partial charge is 0.306 e. The summed E-state index contributed by atoms with van der Waals surface area (Å²) in [6.07, 6.45) is 1.36. The van der Waals surface area contributed by atoms with E-state index in [1.807, 2.05) is 24.3 Å². The fourth-order valence-corrected chi connectivity index (χ4v) is 1.40. The monoisotopic (exact) mass is 236 g/mol. The molecule has 0 fully saturated rings. The molecule has 0 atom stereocenters. The zero-order chi connectivity index (χ0) is 12.7. The summed E-state index contributed by atoms with van der Waals surface area (Å²) in [5.41, 5.74) is 0.947. The molecule has 0 unspecified atom stereocenters. The number of carbonyl (C=O) groups is 1. The fourth-order valence-electron chi connectivity index (χ4n) is 1.40. The molecule has 0 amide bonds. The molecule has 0 aliphatic heterocycles. The third-order valence-corrected chi connectivity index (χ3v) is 2.46. The second-order valence-corrected chi connectivity index (χ2v) is 4.44. The topological polar surface area (TPSA) is 35.5 Å². The van der Waals surface area contributed by atoms with Crippen molar-refractivity contribution < 1.29 is 14.3 Å². The van der Waals surface area contributed by atoms with Crippen molar-refractivity contribution in [3.8, 4) is 5.75 Å². The van der Waals surface area contributed by atoms with Gasteiger partial charge in [-0.1, -0.05) is 26.0 Å². The van der Waals surface area contributed by atoms with Gasteiger partial charge in [0.15, 0.2) is 0 Å². The van der Waals surface area contributed by atoms with Gasteiger partial charge in [-0.15, -0.1) is 0 Å². The predicted octanol–water partition coefficient (Wildman–Crippen LogP) is 3.17. The molecule has 0 N–H and O–H groups in total. The van der Waals surface area contributed by atoms with Gasteiger partial charge >= 0.3 is 5.97 Å². The SMILES string of the molecule is COc1cccc(COC(=O)CCC(C)C)c1. The van der Waals surface area contributed by atoms with E-state index in [0.717, 1.165) is 17.7 Å². The number of hydrogen-bond acceptors (Lipinski definition) is 3. The van der Waals surface area contributed by atoms with Crippen molar-refractivity contribution in [2.45, 2.75) is 33.3 Å². The molecule has 0 radical (unpaired) electrons. The van der Waals surface area contributed by atoms with E-state index in [0.29, 0.717) is 18.9 Å². The standard InChI is InChI=1S/C14H20O3/c1-11(2)7-8-14(15)17-10-12-5-4-6-13(9-12)16-3/h4-6,9,11H,7-8,10H2,1-3H3. The van der Waals surface area contributed by atoms with Gasteiger partial charge in [0.1, 0.15) is 12.4 Å². The minimum absolute atomic E-state index is 0.137. The van der Waals surface area contributed by atoms with Crippen LogP contribution in [-0.4, -0.2) is 13.1 Å². The molecular weight excluding hydrogens is 216 g/mol. The van der Waals surface area contributed by atoms with Crippen LogP contribution in [0.2, 0.25) is 0 Å². The Bertz CT molecular complexity index is 358. The summed E-state index contributed by atoms with van der Waals surface area (Å²) in [6.45, 7) is 4.50. The van der Waals surface area contributed by atoms with Crippen LogP contribution in [0.1, 0.15) is 32.3 Å². The quantitative estimate of drug-likeness (QED) is 0.712. The Morgan fingerprint density at radius 2 is 2.12 bits per heavy atom. The second-order valence-electron chi connectivity index (χ2n) is 4.44. The number of carbonyl (C=O) groups excluding carboxylic acids is 1. The van der Waals surface area contributed by atoms with Crippen LogP contribution in [-0.2, 0) is 16.1 Å². The first-order valence-electron chi connectivity index (χ1n) is 5.90. The lowest BCUT2D eigenvalue weighted by atomic mass is 10.1. The van der Waals surface area contributed by atoms with E-state index < -0.39 is 0 Å². The van der Waals surface area contributed by atoms with Gasteiger partial charge in [-0.05, 0) is 30.0 Å². The Morgan fingerprint density at radius 1 is 1.35 bits per heavy atom. The first kappa shape index (κ1) is 13.6. The van der Waals surface area contributed by atoms with E-state index >= 15 is 0 Å². The number of rotatable bonds is 6. The molecule has 0 aliphatic carbocycles. The van der Waals surface area contributed by atoms with Gasteiger partial charge in [0.25, 0.3) is 0 Å². The first-order chi connectivity index (χ1) is 8.11. The second kappa shape index (κ2) is 6.94. The molecule has 17 heavy (non-hydrogen) atoms. The van der Waals surface area contributed by atoms with Gasteiger partial charge in [-0.2, -0.15) is 0 Å². The fraction of sp³-hybridized carbons (Fsp3) is 0.500. The van der Waals surface area contributed by atoms with E-state index in [1.165, 1.54) is 0 Å². The summed E-state index contributed by atoms with van der Waals surface area (Å²) in [4.78, 5) is 11.4. The van der Waals surface area contributed by atoms with E-state index in [4.69, 9.17) is 9.47 Å². The highest BCUT2D eigenvalue weighted by Gasteiger charge is 2.05. The van der Waals surface area contributed by atoms with Crippen molar-refractivity contribution in [1.29, 1.82) is 0 Å². The molecule has 1 rings (SSSR count). The van der Waals surface area contributed by atoms with E-state index in [2.05, 4.69) is 13.8 Å². The van der Waals surface area contributed by atoms with E-state index in [1.54, 1.807) is 7.11 Å². The van der Waals surface area contributed by atoms with Crippen molar-refractivity contribution in [3.63, 3.8) is 0 Å². The summed E-state index contributed by atoms with van der Waals surface area (Å²) < 4.78 is 10.3. The predicted molar refractivity (Wildman–Crippen MR) is 66.9 cm³/mol. The van der Waals surface area contributed by atoms with Gasteiger partial charge in [0.2, 0.25) is 0 Å². The van der Waals surface area contributed by atoms with Gasteiger partial charge in [-0.25, -0.2) is 0 Å². The Kier molecular flexibility index (Phi) is 5.53. The minimum atomic E-state index is -0.137. The average Bonchev–Trinajstić information content (AvgIpc) is 2.34. The highest BCUT2D eigenvalue weighted by atomic mass is 16.5. The number of benzene rings is 1. The Hall–Kier alpha value is -1.51. The summed E-state index contributed by atoms with van der Waals surface area (Å²) in [6, 6.07) is 7.54. The Morgan fingerprint density at radius 3 is 2.76 bits per heavy atom. The van der Waals surface area contributed by atoms with Gasteiger partial charge in [0, 0.05) is 6.42 Å². The summed E-state index contributed by atoms with van der Waals surface area (Å²) in [7, 11) is 1.62. The number of methoxy groups -OCH3 is 1. The summed E-state index contributed by atoms with van der Waals surface area (Å²) >= 11 is 0. The van der Waals surface area contributed by atoms with Crippen LogP contribution < -0.4 is 4.74 Å². The van der Waals surface area contributed by atoms with E-state index in [9.17, 15) is 4.79 Å². The maximum Gasteiger partial charge on any atom is 0.306 e. The molecule has 94 valence electrons. The minimum Gasteiger partial charge on any atom is -0.497 e. The average molecular weight is 236 g/mol. The highest BCUT2D eigenvalue weighted by molar-refractivity contribution is 5.69. The Labute approximate surface area is 103 Å². The lowest BCUT2D eigenvalue weighted by molar-refractivity contribution is -0.145. The highest BCUT2D eigenvalue weighted by Crippen LogP contribution is 2.14. The van der Waals surface area contributed by atoms with Crippen LogP contribution in [0.15, 0.2) is 24.3 Å². The van der Waals surface area contributed by atoms with Crippen LogP contribution in [0, 0.1) is 5.92 Å². The molecule has 1 aromatic rings. The van der Waals surface area contributed by atoms with Crippen molar-refractivity contribution in [2.24, 2.45) is 5.92 Å². The lowest BCUT2D eigenvalue weighted by Crippen LogP contribution is -2.05. The third kappa shape index (κ3) is 5.38. The molecule has 0 spiro atoms. The zero-order valence-corrected chi connectivity index (χ0v) is 10.7. The van der Waals surface area contributed by atoms with Gasteiger partial charge in [-0.3, -0.25) is 4.79 Å². The number of ether oxygens (including phenoxy) is 2. The maximum atomic E-state index is 11.4. The molecular formula is C14H20O3. The third-order valence-electron chi connectivity index (χ3n) is 2.46. The summed E-state index contributed by atoms with van der Waals surface area (Å²) in [5, 5.41) is 0. The lowest BCUT2D eigenvalue weighted by Gasteiger charge is -2.07. The molecule has 3 heteroatoms. The van der Waals surface area contributed by atoms with Crippen LogP contribution in [0.25, 0.3) is 0 Å². The van der Waals surface area contributed by atoms with Crippen molar-refractivity contribution in [1.82, 2.24) is 0 Å². The normalized spacial score (nSPS) is 10.4. The van der Waals surface area contributed by atoms with Gasteiger partial charge < -0.3 is 9.47 Å². The molecule has 0 saturated carbocycles. The molecule has 0 aromatic heterocycles. The molecule has 0 bridgehead atoms. The number of esters is 1. The zero-order valence-electron chi connectivity index (χ0n) is 10.7. The maximum absolute atomic E-state index is 11.4.